The van der Waals surface area contributed by atoms with Crippen LogP contribution in [0.5, 0.6) is 0 Å². The van der Waals surface area contributed by atoms with Gasteiger partial charge in [-0.3, -0.25) is 9.59 Å². The molecule has 1 atom stereocenters. The summed E-state index contributed by atoms with van der Waals surface area (Å²) >= 11 is 12.2. The molecule has 1 N–H and O–H groups in total. The number of nitrogens with one attached hydrogen (secondary N) is 1. The van der Waals surface area contributed by atoms with Crippen LogP contribution in [-0.4, -0.2) is 29.3 Å². The van der Waals surface area contributed by atoms with Gasteiger partial charge < -0.3 is 10.2 Å². The maximum atomic E-state index is 13.3. The van der Waals surface area contributed by atoms with E-state index >= 15 is 0 Å². The largest absolute Gasteiger partial charge is 0.354 e. The molecule has 0 aromatic heterocycles. The van der Waals surface area contributed by atoms with Crippen LogP contribution in [0.15, 0.2) is 42.5 Å². The average molecular weight is 463 g/mol. The van der Waals surface area contributed by atoms with Crippen molar-refractivity contribution in [3.8, 4) is 0 Å². The van der Waals surface area contributed by atoms with E-state index in [0.29, 0.717) is 48.3 Å². The molecule has 0 radical (unpaired) electrons. The van der Waals surface area contributed by atoms with Gasteiger partial charge in [-0.1, -0.05) is 79.9 Å². The van der Waals surface area contributed by atoms with E-state index in [0.717, 1.165) is 11.1 Å². The highest BCUT2D eigenvalue weighted by Gasteiger charge is 2.28. The maximum absolute atomic E-state index is 13.3. The van der Waals surface area contributed by atoms with Crippen LogP contribution in [-0.2, 0) is 22.6 Å². The minimum absolute atomic E-state index is 0.0572. The van der Waals surface area contributed by atoms with Gasteiger partial charge in [0.1, 0.15) is 6.04 Å². The van der Waals surface area contributed by atoms with Crippen molar-refractivity contribution in [3.05, 3.63) is 69.2 Å². The van der Waals surface area contributed by atoms with Gasteiger partial charge in [-0.15, -0.1) is 0 Å². The van der Waals surface area contributed by atoms with Gasteiger partial charge >= 0.3 is 0 Å². The zero-order valence-electron chi connectivity index (χ0n) is 18.8. The minimum atomic E-state index is -0.543. The van der Waals surface area contributed by atoms with Crippen LogP contribution in [0.4, 0.5) is 0 Å². The third-order valence-corrected chi connectivity index (χ3v) is 5.89. The molecule has 0 unspecified atom stereocenters. The highest BCUT2D eigenvalue weighted by Crippen LogP contribution is 2.24. The molecule has 0 bridgehead atoms. The molecular weight excluding hydrogens is 431 g/mol. The van der Waals surface area contributed by atoms with Crippen molar-refractivity contribution in [1.29, 1.82) is 0 Å². The predicted molar refractivity (Wildman–Crippen MR) is 128 cm³/mol. The summed E-state index contributed by atoms with van der Waals surface area (Å²) in [6.45, 7) is 8.93. The van der Waals surface area contributed by atoms with Gasteiger partial charge in [-0.05, 0) is 48.9 Å². The smallest absolute Gasteiger partial charge is 0.242 e. The van der Waals surface area contributed by atoms with Gasteiger partial charge in [0.15, 0.2) is 0 Å². The second-order valence-corrected chi connectivity index (χ2v) is 9.13. The van der Waals surface area contributed by atoms with E-state index in [4.69, 9.17) is 23.2 Å². The number of aryl methyl sites for hydroxylation is 2. The maximum Gasteiger partial charge on any atom is 0.242 e. The van der Waals surface area contributed by atoms with Crippen LogP contribution in [0, 0.1) is 12.8 Å². The molecule has 31 heavy (non-hydrogen) atoms. The van der Waals surface area contributed by atoms with E-state index in [1.54, 1.807) is 17.0 Å². The molecule has 2 aromatic rings. The molecule has 2 rings (SSSR count). The molecular formula is C25H32Cl2N2O2. The Morgan fingerprint density at radius 3 is 2.23 bits per heavy atom. The number of carbonyl (C=O) groups is 2. The standard InChI is InChI=1S/C25H32Cl2N2O2/c1-5-23(25(31)28-15-17(2)3)29(16-20-10-12-21(26)22(27)14-20)24(30)13-11-19-8-6-18(4)7-9-19/h6-10,12,14,17,23H,5,11,13,15-16H2,1-4H3,(H,28,31)/t23-/m1/s1. The Morgan fingerprint density at radius 1 is 1.00 bits per heavy atom. The van der Waals surface area contributed by atoms with Crippen molar-refractivity contribution in [3.63, 3.8) is 0 Å². The van der Waals surface area contributed by atoms with Gasteiger partial charge in [-0.25, -0.2) is 0 Å². The fourth-order valence-electron chi connectivity index (χ4n) is 3.33. The molecule has 0 aliphatic carbocycles. The van der Waals surface area contributed by atoms with E-state index in [1.165, 1.54) is 5.56 Å². The second-order valence-electron chi connectivity index (χ2n) is 8.32. The Kier molecular flexibility index (Phi) is 9.86. The Balaban J connectivity index is 2.21. The summed E-state index contributed by atoms with van der Waals surface area (Å²) in [5.74, 6) is 0.153. The van der Waals surface area contributed by atoms with Gasteiger partial charge in [0.2, 0.25) is 11.8 Å². The Bertz CT molecular complexity index is 882. The molecule has 0 spiro atoms. The molecule has 2 aromatic carbocycles. The third-order valence-electron chi connectivity index (χ3n) is 5.16. The Hall–Kier alpha value is -2.04. The number of nitrogens with zero attached hydrogens (tertiary/aromatic N) is 1. The number of halogens is 2. The predicted octanol–water partition coefficient (Wildman–Crippen LogP) is 5.81. The topological polar surface area (TPSA) is 49.4 Å². The average Bonchev–Trinajstić information content (AvgIpc) is 2.74. The quantitative estimate of drug-likeness (QED) is 0.483. The van der Waals surface area contributed by atoms with E-state index in [-0.39, 0.29) is 11.8 Å². The number of hydrogen-bond donors (Lipinski definition) is 1. The molecule has 0 heterocycles. The summed E-state index contributed by atoms with van der Waals surface area (Å²) in [4.78, 5) is 27.8. The number of carbonyl (C=O) groups excluding carboxylic acids is 2. The van der Waals surface area contributed by atoms with Gasteiger partial charge in [-0.2, -0.15) is 0 Å². The van der Waals surface area contributed by atoms with Crippen LogP contribution < -0.4 is 5.32 Å². The second kappa shape index (κ2) is 12.1. The first-order chi connectivity index (χ1) is 14.7. The Labute approximate surface area is 195 Å². The van der Waals surface area contributed by atoms with Crippen LogP contribution >= 0.6 is 23.2 Å². The van der Waals surface area contributed by atoms with Crippen molar-refractivity contribution in [1.82, 2.24) is 10.2 Å². The fraction of sp³-hybridized carbons (Fsp3) is 0.440. The third kappa shape index (κ3) is 7.86. The van der Waals surface area contributed by atoms with Crippen LogP contribution in [0.3, 0.4) is 0 Å². The molecule has 0 saturated heterocycles. The number of amides is 2. The molecule has 4 nitrogen and oxygen atoms in total. The summed E-state index contributed by atoms with van der Waals surface area (Å²) in [5.41, 5.74) is 3.13. The summed E-state index contributed by atoms with van der Waals surface area (Å²) in [6.07, 6.45) is 1.49. The lowest BCUT2D eigenvalue weighted by Crippen LogP contribution is -2.49. The van der Waals surface area contributed by atoms with Crippen LogP contribution in [0.25, 0.3) is 0 Å². The summed E-state index contributed by atoms with van der Waals surface area (Å²) < 4.78 is 0. The monoisotopic (exact) mass is 462 g/mol. The number of rotatable bonds is 10. The zero-order chi connectivity index (χ0) is 23.0. The summed E-state index contributed by atoms with van der Waals surface area (Å²) in [5, 5.41) is 3.87. The van der Waals surface area contributed by atoms with E-state index < -0.39 is 6.04 Å². The van der Waals surface area contributed by atoms with Crippen molar-refractivity contribution in [2.24, 2.45) is 5.92 Å². The lowest BCUT2D eigenvalue weighted by Gasteiger charge is -2.31. The number of benzene rings is 2. The lowest BCUT2D eigenvalue weighted by atomic mass is 10.0. The zero-order valence-corrected chi connectivity index (χ0v) is 20.3. The minimum Gasteiger partial charge on any atom is -0.354 e. The molecule has 2 amide bonds. The highest BCUT2D eigenvalue weighted by molar-refractivity contribution is 6.42. The lowest BCUT2D eigenvalue weighted by molar-refractivity contribution is -0.141. The van der Waals surface area contributed by atoms with Crippen LogP contribution in [0.1, 0.15) is 50.3 Å². The first-order valence-electron chi connectivity index (χ1n) is 10.8. The molecule has 0 aliphatic rings. The molecule has 0 fully saturated rings. The van der Waals surface area contributed by atoms with Crippen molar-refractivity contribution in [2.75, 3.05) is 6.54 Å². The van der Waals surface area contributed by atoms with Gasteiger partial charge in [0, 0.05) is 19.5 Å². The number of hydrogen-bond acceptors (Lipinski definition) is 2. The first-order valence-corrected chi connectivity index (χ1v) is 11.5. The molecule has 168 valence electrons. The normalized spacial score (nSPS) is 12.0. The molecule has 0 saturated carbocycles. The SMILES string of the molecule is CC[C@H](C(=O)NCC(C)C)N(Cc1ccc(Cl)c(Cl)c1)C(=O)CCc1ccc(C)cc1. The van der Waals surface area contributed by atoms with Crippen molar-refractivity contribution in [2.45, 2.75) is 59.5 Å². The van der Waals surface area contributed by atoms with Gasteiger partial charge in [0.25, 0.3) is 0 Å². The first kappa shape index (κ1) is 25.2. The molecule has 6 heteroatoms. The summed E-state index contributed by atoms with van der Waals surface area (Å²) in [7, 11) is 0. The van der Waals surface area contributed by atoms with Crippen molar-refractivity contribution < 1.29 is 9.59 Å². The van der Waals surface area contributed by atoms with E-state index in [9.17, 15) is 9.59 Å². The van der Waals surface area contributed by atoms with E-state index in [2.05, 4.69) is 5.32 Å². The molecule has 0 aliphatic heterocycles. The summed E-state index contributed by atoms with van der Waals surface area (Å²) in [6, 6.07) is 12.9. The van der Waals surface area contributed by atoms with Gasteiger partial charge in [0.05, 0.1) is 10.0 Å². The van der Waals surface area contributed by atoms with E-state index in [1.807, 2.05) is 58.0 Å². The van der Waals surface area contributed by atoms with Crippen molar-refractivity contribution >= 4 is 35.0 Å². The fourth-order valence-corrected chi connectivity index (χ4v) is 3.65. The highest BCUT2D eigenvalue weighted by atomic mass is 35.5. The van der Waals surface area contributed by atoms with Crippen LogP contribution in [0.2, 0.25) is 10.0 Å². The Morgan fingerprint density at radius 2 is 1.65 bits per heavy atom.